The number of alkyl halides is 3. The highest BCUT2D eigenvalue weighted by Crippen LogP contribution is 2.42. The van der Waals surface area contributed by atoms with E-state index in [9.17, 15) is 42.4 Å². The predicted octanol–water partition coefficient (Wildman–Crippen LogP) is 7.67. The average Bonchev–Trinajstić information content (AvgIpc) is 4.07. The summed E-state index contributed by atoms with van der Waals surface area (Å²) in [4.78, 5) is 80.0. The SMILES string of the molecule is COC(=O)c1cc(N2C(=S)N(c3ccc(C#N)c(C(F)(F)F)c3F)C(=O)C2(C)C)cnc1OCCCCOCCCOCC(=O)NC(C(=O)N1CCCC1C(=O)NCc1ccc(-c2scnc2C)cc1)C(C)(C)C. The van der Waals surface area contributed by atoms with Crippen molar-refractivity contribution in [3.05, 3.63) is 87.9 Å². The molecule has 0 bridgehead atoms. The number of nitrogens with one attached hydrogen (secondary N) is 2. The third kappa shape index (κ3) is 13.0. The molecule has 0 radical (unpaired) electrons. The number of carbonyl (C=O) groups excluding carboxylic acids is 5. The average molecular weight is 1070 g/mol. The zero-order valence-corrected chi connectivity index (χ0v) is 43.7. The molecule has 4 amide bonds. The Balaban J connectivity index is 0.913. The Hall–Kier alpha value is -6.61. The maximum atomic E-state index is 15.5. The highest BCUT2D eigenvalue weighted by atomic mass is 32.1. The fraction of sp³-hybridized carbons (Fsp3) is 0.471. The van der Waals surface area contributed by atoms with Crippen LogP contribution in [0.2, 0.25) is 0 Å². The number of unbranched alkanes of at least 4 members (excludes halogenated alkanes) is 1. The minimum atomic E-state index is -5.25. The first-order chi connectivity index (χ1) is 35.0. The van der Waals surface area contributed by atoms with Crippen molar-refractivity contribution in [2.24, 2.45) is 5.41 Å². The van der Waals surface area contributed by atoms with E-state index in [4.69, 9.17) is 31.2 Å². The van der Waals surface area contributed by atoms with Gasteiger partial charge in [-0.1, -0.05) is 45.0 Å². The van der Waals surface area contributed by atoms with E-state index in [-0.39, 0.29) is 48.8 Å². The van der Waals surface area contributed by atoms with Crippen molar-refractivity contribution in [3.63, 3.8) is 0 Å². The second-order valence-electron chi connectivity index (χ2n) is 19.1. The normalized spacial score (nSPS) is 16.0. The van der Waals surface area contributed by atoms with Gasteiger partial charge in [0.25, 0.3) is 5.91 Å². The number of likely N-dealkylation sites (tertiary alicyclic amines) is 1. The minimum absolute atomic E-state index is 0.0575. The van der Waals surface area contributed by atoms with Gasteiger partial charge in [0.15, 0.2) is 10.9 Å². The van der Waals surface area contributed by atoms with Gasteiger partial charge in [-0.2, -0.15) is 18.4 Å². The summed E-state index contributed by atoms with van der Waals surface area (Å²) in [6, 6.07) is 10.6. The number of amides is 4. The first kappa shape index (κ1) is 56.7. The molecule has 2 aliphatic rings. The van der Waals surface area contributed by atoms with Gasteiger partial charge in [0.2, 0.25) is 23.6 Å². The molecular weight excluding hydrogens is 1010 g/mol. The number of rotatable bonds is 21. The maximum Gasteiger partial charge on any atom is 0.420 e. The molecule has 0 spiro atoms. The van der Waals surface area contributed by atoms with Gasteiger partial charge in [-0.3, -0.25) is 24.1 Å². The van der Waals surface area contributed by atoms with E-state index >= 15 is 4.39 Å². The number of hydrogen-bond donors (Lipinski definition) is 2. The molecule has 74 heavy (non-hydrogen) atoms. The van der Waals surface area contributed by atoms with Crippen molar-refractivity contribution in [3.8, 4) is 22.4 Å². The third-order valence-electron chi connectivity index (χ3n) is 12.4. The predicted molar refractivity (Wildman–Crippen MR) is 270 cm³/mol. The van der Waals surface area contributed by atoms with E-state index in [1.165, 1.54) is 37.1 Å². The molecule has 2 aliphatic heterocycles. The number of aromatic nitrogens is 2. The van der Waals surface area contributed by atoms with Gasteiger partial charge in [0.1, 0.15) is 35.4 Å². The summed E-state index contributed by atoms with van der Waals surface area (Å²) in [5.41, 5.74) is -1.24. The highest BCUT2D eigenvalue weighted by molar-refractivity contribution is 7.81. The summed E-state index contributed by atoms with van der Waals surface area (Å²) in [5, 5.41) is 14.6. The number of thiocarbonyl (C=S) groups is 1. The number of ether oxygens (including phenoxy) is 4. The molecule has 0 aliphatic carbocycles. The number of nitrogens with zero attached hydrogens (tertiary/aromatic N) is 6. The smallest absolute Gasteiger partial charge is 0.420 e. The molecule has 2 fully saturated rings. The second kappa shape index (κ2) is 24.2. The van der Waals surface area contributed by atoms with E-state index in [1.807, 2.05) is 57.5 Å². The quantitative estimate of drug-likeness (QED) is 0.0356. The summed E-state index contributed by atoms with van der Waals surface area (Å²) in [6.07, 6.45) is -1.35. The molecule has 2 aromatic heterocycles. The molecule has 17 nitrogen and oxygen atoms in total. The third-order valence-corrected chi connectivity index (χ3v) is 13.7. The largest absolute Gasteiger partial charge is 0.477 e. The Morgan fingerprint density at radius 2 is 1.69 bits per heavy atom. The lowest BCUT2D eigenvalue weighted by molar-refractivity contribution is -0.144. The number of methoxy groups -OCH3 is 1. The van der Waals surface area contributed by atoms with Gasteiger partial charge in [0, 0.05) is 32.9 Å². The van der Waals surface area contributed by atoms with Crippen LogP contribution in [0.3, 0.4) is 0 Å². The van der Waals surface area contributed by atoms with Crippen molar-refractivity contribution >= 4 is 69.6 Å². The fourth-order valence-corrected chi connectivity index (χ4v) is 9.80. The van der Waals surface area contributed by atoms with E-state index < -0.39 is 74.7 Å². The summed E-state index contributed by atoms with van der Waals surface area (Å²) >= 11 is 7.08. The highest BCUT2D eigenvalue weighted by Gasteiger charge is 2.52. The van der Waals surface area contributed by atoms with Crippen LogP contribution in [0.4, 0.5) is 28.9 Å². The van der Waals surface area contributed by atoms with Crippen molar-refractivity contribution < 1.29 is 60.5 Å². The lowest BCUT2D eigenvalue weighted by Crippen LogP contribution is -2.58. The molecule has 2 atom stereocenters. The summed E-state index contributed by atoms with van der Waals surface area (Å²) in [7, 11) is 1.13. The number of thiazole rings is 1. The zero-order valence-electron chi connectivity index (χ0n) is 42.0. The van der Waals surface area contributed by atoms with Crippen LogP contribution in [0.1, 0.15) is 99.5 Å². The molecule has 4 heterocycles. The van der Waals surface area contributed by atoms with Crippen molar-refractivity contribution in [2.75, 3.05) is 56.5 Å². The van der Waals surface area contributed by atoms with Gasteiger partial charge >= 0.3 is 12.1 Å². The van der Waals surface area contributed by atoms with Crippen LogP contribution >= 0.6 is 23.6 Å². The molecular formula is C51H58F4N8O9S2. The van der Waals surface area contributed by atoms with E-state index in [0.29, 0.717) is 63.3 Å². The molecule has 2 unspecified atom stereocenters. The number of hydrogen-bond acceptors (Lipinski definition) is 14. The van der Waals surface area contributed by atoms with Crippen LogP contribution in [0.5, 0.6) is 5.88 Å². The van der Waals surface area contributed by atoms with Crippen LogP contribution in [0, 0.1) is 29.5 Å². The van der Waals surface area contributed by atoms with Crippen molar-refractivity contribution in [2.45, 2.75) is 104 Å². The lowest BCUT2D eigenvalue weighted by Gasteiger charge is -2.35. The number of pyridine rings is 1. The summed E-state index contributed by atoms with van der Waals surface area (Å²) < 4.78 is 79.0. The second-order valence-corrected chi connectivity index (χ2v) is 20.3. The van der Waals surface area contributed by atoms with Gasteiger partial charge in [0.05, 0.1) is 59.0 Å². The lowest BCUT2D eigenvalue weighted by atomic mass is 9.85. The first-order valence-corrected chi connectivity index (χ1v) is 25.0. The van der Waals surface area contributed by atoms with Crippen LogP contribution in [0.25, 0.3) is 10.4 Å². The Labute approximate surface area is 435 Å². The maximum absolute atomic E-state index is 15.5. The van der Waals surface area contributed by atoms with Gasteiger partial charge < -0.3 is 39.4 Å². The minimum Gasteiger partial charge on any atom is -0.477 e. The van der Waals surface area contributed by atoms with E-state index in [1.54, 1.807) is 16.2 Å². The standard InChI is InChI=1S/C51H58F4N8O9S2/c1-30-41(74-29-59-30)32-15-13-31(14-16-32)26-57-43(65)37-12-10-19-61(37)45(66)42(49(2,3)4)60-38(64)28-71-22-11-21-70-20-8-9-23-72-44-35(46(67)69-7)24-34(27-58-44)63-48(73)62(47(68)50(63,5)6)36-18-17-33(25-56)39(40(36)52)51(53,54)55/h13-18,24,27,29,37,42H,8-12,19-23,26,28H2,1-7H3,(H,57,65)(H,60,64). The number of nitriles is 1. The van der Waals surface area contributed by atoms with E-state index in [0.717, 1.165) is 40.9 Å². The molecule has 23 heteroatoms. The zero-order chi connectivity index (χ0) is 54.1. The monoisotopic (exact) mass is 1070 g/mol. The molecule has 4 aromatic rings. The molecule has 2 N–H and O–H groups in total. The van der Waals surface area contributed by atoms with E-state index in [2.05, 4.69) is 20.6 Å². The molecule has 2 aromatic carbocycles. The number of halogens is 4. The van der Waals surface area contributed by atoms with Crippen LogP contribution in [-0.4, -0.2) is 114 Å². The fourth-order valence-electron chi connectivity index (χ4n) is 8.47. The van der Waals surface area contributed by atoms with Crippen LogP contribution < -0.4 is 25.2 Å². The Bertz CT molecular complexity index is 2780. The number of esters is 1. The Morgan fingerprint density at radius 3 is 2.34 bits per heavy atom. The summed E-state index contributed by atoms with van der Waals surface area (Å²) in [6.45, 7) is 11.7. The molecule has 6 rings (SSSR count). The Kier molecular flexibility index (Phi) is 18.5. The van der Waals surface area contributed by atoms with Crippen molar-refractivity contribution in [1.29, 1.82) is 5.26 Å². The Morgan fingerprint density at radius 1 is 1.00 bits per heavy atom. The van der Waals surface area contributed by atoms with Crippen LogP contribution in [-0.2, 0) is 46.1 Å². The van der Waals surface area contributed by atoms with Gasteiger partial charge in [-0.25, -0.2) is 19.2 Å². The molecule has 396 valence electrons. The molecule has 2 saturated heterocycles. The van der Waals surface area contributed by atoms with Crippen LogP contribution in [0.15, 0.2) is 54.2 Å². The topological polar surface area (TPSA) is 206 Å². The van der Waals surface area contributed by atoms with Crippen molar-refractivity contribution in [1.82, 2.24) is 25.5 Å². The molecule has 0 saturated carbocycles. The summed E-state index contributed by atoms with van der Waals surface area (Å²) in [5.74, 6) is -4.75. The first-order valence-electron chi connectivity index (χ1n) is 23.7. The number of benzene rings is 2. The van der Waals surface area contributed by atoms with Gasteiger partial charge in [-0.05, 0) is 99.8 Å². The number of anilines is 2. The number of carbonyl (C=O) groups is 5. The number of aryl methyl sites for hydroxylation is 1. The van der Waals surface area contributed by atoms with Gasteiger partial charge in [-0.15, -0.1) is 11.3 Å².